The zero-order valence-corrected chi connectivity index (χ0v) is 14.2. The minimum Gasteiger partial charge on any atom is -0.463 e. The third kappa shape index (κ3) is 4.40. The summed E-state index contributed by atoms with van der Waals surface area (Å²) in [7, 11) is 0. The van der Waals surface area contributed by atoms with Gasteiger partial charge in [-0.15, -0.1) is 0 Å². The van der Waals surface area contributed by atoms with Gasteiger partial charge >= 0.3 is 18.0 Å². The Morgan fingerprint density at radius 3 is 2.71 bits per heavy atom. The van der Waals surface area contributed by atoms with E-state index in [1.165, 1.54) is 4.90 Å². The number of ether oxygens (including phenoxy) is 2. The summed E-state index contributed by atoms with van der Waals surface area (Å²) in [6.45, 7) is 3.54. The van der Waals surface area contributed by atoms with Crippen LogP contribution in [0.5, 0.6) is 0 Å². The number of hydrogen-bond acceptors (Lipinski definition) is 7. The largest absolute Gasteiger partial charge is 0.463 e. The molecule has 2 heterocycles. The molecular weight excluding hydrogens is 338 g/mol. The molecule has 2 aliphatic heterocycles. The number of nitrogens with one attached hydrogen (secondary N) is 2. The lowest BCUT2D eigenvalue weighted by Gasteiger charge is -2.26. The summed E-state index contributed by atoms with van der Waals surface area (Å²) in [6, 6.07) is -1.06. The Labute approximate surface area is 143 Å². The quantitative estimate of drug-likeness (QED) is 0.654. The highest BCUT2D eigenvalue weighted by Crippen LogP contribution is 2.17. The molecule has 0 aromatic rings. The smallest absolute Gasteiger partial charge is 0.338 e. The Bertz CT molecular complexity index is 591. The van der Waals surface area contributed by atoms with Crippen LogP contribution in [0.4, 0.5) is 9.59 Å². The van der Waals surface area contributed by atoms with Gasteiger partial charge in [0.25, 0.3) is 5.24 Å². The Hall–Kier alpha value is -2.23. The lowest BCUT2D eigenvalue weighted by Crippen LogP contribution is -2.50. The number of hydrogen-bond donors (Lipinski definition) is 2. The van der Waals surface area contributed by atoms with Gasteiger partial charge in [-0.3, -0.25) is 9.59 Å². The van der Waals surface area contributed by atoms with Gasteiger partial charge in [0, 0.05) is 12.3 Å². The van der Waals surface area contributed by atoms with Gasteiger partial charge in [-0.05, 0) is 13.8 Å². The molecule has 1 saturated heterocycles. The number of urea groups is 1. The molecule has 10 heteroatoms. The minimum atomic E-state index is -0.609. The van der Waals surface area contributed by atoms with Gasteiger partial charge in [-0.25, -0.2) is 9.59 Å². The van der Waals surface area contributed by atoms with Gasteiger partial charge in [0.1, 0.15) is 13.2 Å². The first-order chi connectivity index (χ1) is 11.4. The van der Waals surface area contributed by atoms with Crippen molar-refractivity contribution in [3.63, 3.8) is 0 Å². The number of esters is 2. The van der Waals surface area contributed by atoms with E-state index in [1.807, 2.05) is 0 Å². The molecule has 0 aliphatic carbocycles. The molecule has 0 spiro atoms. The molecule has 2 aliphatic rings. The van der Waals surface area contributed by atoms with Gasteiger partial charge in [-0.2, -0.15) is 0 Å². The van der Waals surface area contributed by atoms with Crippen LogP contribution in [-0.2, 0) is 19.1 Å². The summed E-state index contributed by atoms with van der Waals surface area (Å²) < 4.78 is 10.1. The molecule has 2 N–H and O–H groups in total. The third-order valence-electron chi connectivity index (χ3n) is 3.41. The van der Waals surface area contributed by atoms with Gasteiger partial charge in [0.15, 0.2) is 0 Å². The molecule has 0 unspecified atom stereocenters. The summed E-state index contributed by atoms with van der Waals surface area (Å²) in [5, 5.41) is 4.84. The molecule has 1 atom stereocenters. The minimum absolute atomic E-state index is 0.157. The Kier molecular flexibility index (Phi) is 6.07. The van der Waals surface area contributed by atoms with Crippen LogP contribution >= 0.6 is 11.8 Å². The van der Waals surface area contributed by atoms with Crippen LogP contribution in [0, 0.1) is 0 Å². The predicted octanol–water partition coefficient (Wildman–Crippen LogP) is 0.217. The second kappa shape index (κ2) is 8.04. The number of nitrogens with zero attached hydrogens (tertiary/aromatic N) is 1. The van der Waals surface area contributed by atoms with Crippen LogP contribution in [0.3, 0.4) is 0 Å². The first kappa shape index (κ1) is 18.1. The molecule has 0 aromatic heterocycles. The lowest BCUT2D eigenvalue weighted by molar-refractivity contribution is -0.144. The molecule has 2 rings (SSSR count). The summed E-state index contributed by atoms with van der Waals surface area (Å²) >= 11 is 1.15. The molecule has 24 heavy (non-hydrogen) atoms. The van der Waals surface area contributed by atoms with Crippen LogP contribution in [0.1, 0.15) is 13.8 Å². The lowest BCUT2D eigenvalue weighted by atomic mass is 10.0. The molecule has 0 radical (unpaired) electrons. The van der Waals surface area contributed by atoms with E-state index in [2.05, 4.69) is 10.6 Å². The van der Waals surface area contributed by atoms with Gasteiger partial charge in [-0.1, -0.05) is 11.8 Å². The summed E-state index contributed by atoms with van der Waals surface area (Å²) in [4.78, 5) is 48.3. The van der Waals surface area contributed by atoms with Crippen molar-refractivity contribution in [3.05, 3.63) is 11.3 Å². The molecule has 0 aromatic carbocycles. The fraction of sp³-hybridized carbons (Fsp3) is 0.571. The summed E-state index contributed by atoms with van der Waals surface area (Å²) in [6.07, 6.45) is 0. The van der Waals surface area contributed by atoms with E-state index in [4.69, 9.17) is 9.47 Å². The maximum Gasteiger partial charge on any atom is 0.338 e. The first-order valence-corrected chi connectivity index (χ1v) is 8.46. The molecule has 3 amide bonds. The van der Waals surface area contributed by atoms with E-state index in [1.54, 1.807) is 13.8 Å². The summed E-state index contributed by atoms with van der Waals surface area (Å²) in [5.74, 6) is -0.555. The van der Waals surface area contributed by atoms with Crippen LogP contribution in [0.2, 0.25) is 0 Å². The Morgan fingerprint density at radius 2 is 2.08 bits per heavy atom. The van der Waals surface area contributed by atoms with E-state index >= 15 is 0 Å². The second-order valence-electron chi connectivity index (χ2n) is 5.13. The molecule has 1 fully saturated rings. The number of rotatable bonds is 6. The fourth-order valence-electron chi connectivity index (χ4n) is 2.32. The number of carbonyl (C=O) groups excluding carboxylic acids is 4. The SMILES string of the molecule is CCOC(=O)C1=C(COC(=O)CN2CCSC2=O)NC(=O)N[C@H]1C. The molecule has 132 valence electrons. The van der Waals surface area contributed by atoms with Crippen LogP contribution in [-0.4, -0.2) is 66.2 Å². The van der Waals surface area contributed by atoms with Crippen molar-refractivity contribution in [3.8, 4) is 0 Å². The van der Waals surface area contributed by atoms with Crippen molar-refractivity contribution in [1.29, 1.82) is 0 Å². The van der Waals surface area contributed by atoms with Crippen LogP contribution in [0.15, 0.2) is 11.3 Å². The highest BCUT2D eigenvalue weighted by molar-refractivity contribution is 8.13. The van der Waals surface area contributed by atoms with Crippen molar-refractivity contribution < 1.29 is 28.7 Å². The van der Waals surface area contributed by atoms with Gasteiger partial charge in [0.05, 0.1) is 23.9 Å². The highest BCUT2D eigenvalue weighted by atomic mass is 32.2. The van der Waals surface area contributed by atoms with Crippen molar-refractivity contribution in [2.24, 2.45) is 0 Å². The van der Waals surface area contributed by atoms with Crippen molar-refractivity contribution >= 4 is 35.0 Å². The van der Waals surface area contributed by atoms with Crippen molar-refractivity contribution in [1.82, 2.24) is 15.5 Å². The zero-order valence-electron chi connectivity index (χ0n) is 13.4. The highest BCUT2D eigenvalue weighted by Gasteiger charge is 2.30. The maximum atomic E-state index is 12.0. The normalized spacial score (nSPS) is 20.6. The number of carbonyl (C=O) groups is 4. The Morgan fingerprint density at radius 1 is 1.33 bits per heavy atom. The molecule has 0 bridgehead atoms. The van der Waals surface area contributed by atoms with E-state index in [9.17, 15) is 19.2 Å². The van der Waals surface area contributed by atoms with Gasteiger partial charge in [0.2, 0.25) is 0 Å². The molecule has 9 nitrogen and oxygen atoms in total. The van der Waals surface area contributed by atoms with Crippen molar-refractivity contribution in [2.45, 2.75) is 19.9 Å². The van der Waals surface area contributed by atoms with E-state index in [0.717, 1.165) is 11.8 Å². The zero-order chi connectivity index (χ0) is 17.7. The van der Waals surface area contributed by atoms with E-state index in [0.29, 0.717) is 12.3 Å². The third-order valence-corrected chi connectivity index (χ3v) is 4.30. The fourth-order valence-corrected chi connectivity index (χ4v) is 3.14. The van der Waals surface area contributed by atoms with Crippen LogP contribution in [0.25, 0.3) is 0 Å². The first-order valence-electron chi connectivity index (χ1n) is 7.47. The van der Waals surface area contributed by atoms with Gasteiger partial charge < -0.3 is 25.0 Å². The number of amides is 3. The maximum absolute atomic E-state index is 12.0. The van der Waals surface area contributed by atoms with E-state index < -0.39 is 24.0 Å². The van der Waals surface area contributed by atoms with Crippen LogP contribution < -0.4 is 10.6 Å². The topological polar surface area (TPSA) is 114 Å². The number of thioether (sulfide) groups is 1. The predicted molar refractivity (Wildman–Crippen MR) is 85.2 cm³/mol. The molecule has 0 saturated carbocycles. The Balaban J connectivity index is 2.01. The standard InChI is InChI=1S/C14H19N3O6S/c1-3-22-12(19)11-8(2)15-13(20)16-9(11)7-23-10(18)6-17-4-5-24-14(17)21/h8H,3-7H2,1-2H3,(H2,15,16,20)/t8-/m0/s1. The average Bonchev–Trinajstić information content (AvgIpc) is 2.90. The van der Waals surface area contributed by atoms with Crippen molar-refractivity contribution in [2.75, 3.05) is 32.1 Å². The monoisotopic (exact) mass is 357 g/mol. The summed E-state index contributed by atoms with van der Waals surface area (Å²) in [5.41, 5.74) is 0.386. The average molecular weight is 357 g/mol. The van der Waals surface area contributed by atoms with E-state index in [-0.39, 0.29) is 36.3 Å². The second-order valence-corrected chi connectivity index (χ2v) is 6.18. The molecular formula is C14H19N3O6S.